The third kappa shape index (κ3) is 2.25. The minimum Gasteiger partial charge on any atom is -0.298 e. The fraction of sp³-hybridized carbons (Fsp3) is 0.0833. The Morgan fingerprint density at radius 1 is 1.25 bits per heavy atom. The maximum atomic E-state index is 10.7. The molecule has 80 valence electrons. The molecule has 3 nitrogen and oxygen atoms in total. The fourth-order valence-corrected chi connectivity index (χ4v) is 1.68. The lowest BCUT2D eigenvalue weighted by Crippen LogP contribution is -1.91. The van der Waals surface area contributed by atoms with Crippen LogP contribution in [0.3, 0.4) is 0 Å². The molecule has 2 aromatic rings. The van der Waals surface area contributed by atoms with Crippen LogP contribution in [0.2, 0.25) is 5.28 Å². The highest BCUT2D eigenvalue weighted by molar-refractivity contribution is 6.28. The summed E-state index contributed by atoms with van der Waals surface area (Å²) in [5.74, 6) is 0. The van der Waals surface area contributed by atoms with Gasteiger partial charge in [0.05, 0.1) is 5.69 Å². The van der Waals surface area contributed by atoms with Crippen molar-refractivity contribution >= 4 is 17.9 Å². The summed E-state index contributed by atoms with van der Waals surface area (Å²) in [6, 6.07) is 9.03. The number of benzene rings is 1. The highest BCUT2D eigenvalue weighted by Crippen LogP contribution is 2.19. The number of aromatic nitrogens is 2. The van der Waals surface area contributed by atoms with Crippen LogP contribution in [0.5, 0.6) is 0 Å². The van der Waals surface area contributed by atoms with E-state index in [1.807, 2.05) is 25.1 Å². The largest absolute Gasteiger partial charge is 0.298 e. The zero-order chi connectivity index (χ0) is 11.5. The van der Waals surface area contributed by atoms with E-state index < -0.39 is 0 Å². The molecule has 0 aliphatic heterocycles. The van der Waals surface area contributed by atoms with Crippen molar-refractivity contribution < 1.29 is 4.79 Å². The topological polar surface area (TPSA) is 42.9 Å². The Hall–Kier alpha value is -1.74. The molecule has 2 rings (SSSR count). The Morgan fingerprint density at radius 2 is 2.06 bits per heavy atom. The lowest BCUT2D eigenvalue weighted by atomic mass is 10.1. The predicted molar refractivity (Wildman–Crippen MR) is 62.6 cm³/mol. The van der Waals surface area contributed by atoms with Gasteiger partial charge >= 0.3 is 0 Å². The molecular formula is C12H9ClN2O. The van der Waals surface area contributed by atoms with E-state index in [1.54, 1.807) is 12.1 Å². The Balaban J connectivity index is 2.53. The zero-order valence-electron chi connectivity index (χ0n) is 8.64. The van der Waals surface area contributed by atoms with Gasteiger partial charge in [0.2, 0.25) is 5.28 Å². The third-order valence-electron chi connectivity index (χ3n) is 2.15. The standard InChI is InChI=1S/C12H9ClN2O/c1-8-5-11(15-12(13)14-8)10-4-2-3-9(6-10)7-16/h2-7H,1H3. The maximum Gasteiger partial charge on any atom is 0.223 e. The molecule has 0 aliphatic rings. The van der Waals surface area contributed by atoms with Crippen molar-refractivity contribution in [2.75, 3.05) is 0 Å². The van der Waals surface area contributed by atoms with Gasteiger partial charge in [-0.3, -0.25) is 4.79 Å². The summed E-state index contributed by atoms with van der Waals surface area (Å²) in [6.07, 6.45) is 0.805. The van der Waals surface area contributed by atoms with Crippen LogP contribution in [0, 0.1) is 6.92 Å². The van der Waals surface area contributed by atoms with Gasteiger partial charge in [-0.25, -0.2) is 9.97 Å². The van der Waals surface area contributed by atoms with E-state index in [0.717, 1.165) is 23.2 Å². The zero-order valence-corrected chi connectivity index (χ0v) is 9.40. The summed E-state index contributed by atoms with van der Waals surface area (Å²) < 4.78 is 0. The van der Waals surface area contributed by atoms with Crippen molar-refractivity contribution in [3.05, 3.63) is 46.9 Å². The summed E-state index contributed by atoms with van der Waals surface area (Å²) >= 11 is 5.78. The van der Waals surface area contributed by atoms with Gasteiger partial charge in [0.15, 0.2) is 0 Å². The number of hydrogen-bond donors (Lipinski definition) is 0. The van der Waals surface area contributed by atoms with E-state index in [9.17, 15) is 4.79 Å². The van der Waals surface area contributed by atoms with Gasteiger partial charge in [-0.05, 0) is 30.7 Å². The molecule has 0 amide bonds. The molecule has 0 saturated heterocycles. The monoisotopic (exact) mass is 232 g/mol. The second kappa shape index (κ2) is 4.41. The summed E-state index contributed by atoms with van der Waals surface area (Å²) in [5.41, 5.74) is 2.99. The van der Waals surface area contributed by atoms with Crippen LogP contribution in [0.1, 0.15) is 16.1 Å². The van der Waals surface area contributed by atoms with Crippen molar-refractivity contribution in [3.63, 3.8) is 0 Å². The Labute approximate surface area is 98.1 Å². The molecule has 4 heteroatoms. The summed E-state index contributed by atoms with van der Waals surface area (Å²) in [4.78, 5) is 18.8. The smallest absolute Gasteiger partial charge is 0.223 e. The molecular weight excluding hydrogens is 224 g/mol. The van der Waals surface area contributed by atoms with Gasteiger partial charge in [0.25, 0.3) is 0 Å². The molecule has 0 fully saturated rings. The SMILES string of the molecule is Cc1cc(-c2cccc(C=O)c2)nc(Cl)n1. The van der Waals surface area contributed by atoms with Crippen LogP contribution >= 0.6 is 11.6 Å². The second-order valence-corrected chi connectivity index (χ2v) is 3.74. The Bertz CT molecular complexity index is 520. The van der Waals surface area contributed by atoms with E-state index in [0.29, 0.717) is 5.56 Å². The number of carbonyl (C=O) groups is 1. The fourth-order valence-electron chi connectivity index (χ4n) is 1.45. The van der Waals surface area contributed by atoms with E-state index in [-0.39, 0.29) is 5.28 Å². The molecule has 0 aliphatic carbocycles. The lowest BCUT2D eigenvalue weighted by Gasteiger charge is -2.03. The van der Waals surface area contributed by atoms with Crippen LogP contribution < -0.4 is 0 Å². The van der Waals surface area contributed by atoms with Crippen LogP contribution in [0.4, 0.5) is 0 Å². The number of aryl methyl sites for hydroxylation is 1. The molecule has 0 atom stereocenters. The van der Waals surface area contributed by atoms with Gasteiger partial charge in [-0.2, -0.15) is 0 Å². The van der Waals surface area contributed by atoms with Gasteiger partial charge in [-0.15, -0.1) is 0 Å². The normalized spacial score (nSPS) is 10.1. The summed E-state index contributed by atoms with van der Waals surface area (Å²) in [7, 11) is 0. The highest BCUT2D eigenvalue weighted by Gasteiger charge is 2.03. The van der Waals surface area contributed by atoms with Crippen LogP contribution in [-0.2, 0) is 0 Å². The van der Waals surface area contributed by atoms with Gasteiger partial charge in [0.1, 0.15) is 6.29 Å². The highest BCUT2D eigenvalue weighted by atomic mass is 35.5. The first-order valence-electron chi connectivity index (χ1n) is 4.76. The van der Waals surface area contributed by atoms with E-state index in [2.05, 4.69) is 9.97 Å². The van der Waals surface area contributed by atoms with E-state index >= 15 is 0 Å². The van der Waals surface area contributed by atoms with Crippen LogP contribution in [0.15, 0.2) is 30.3 Å². The average Bonchev–Trinajstić information content (AvgIpc) is 2.28. The number of carbonyl (C=O) groups excluding carboxylic acids is 1. The molecule has 16 heavy (non-hydrogen) atoms. The molecule has 1 heterocycles. The van der Waals surface area contributed by atoms with Gasteiger partial charge in [0, 0.05) is 16.8 Å². The minimum atomic E-state index is 0.214. The molecule has 0 bridgehead atoms. The number of rotatable bonds is 2. The number of hydrogen-bond acceptors (Lipinski definition) is 3. The summed E-state index contributed by atoms with van der Waals surface area (Å²) in [5, 5.41) is 0.214. The molecule has 0 saturated carbocycles. The van der Waals surface area contributed by atoms with Crippen molar-refractivity contribution in [2.45, 2.75) is 6.92 Å². The molecule has 1 aromatic heterocycles. The first-order chi connectivity index (χ1) is 7.69. The average molecular weight is 233 g/mol. The van der Waals surface area contributed by atoms with Crippen molar-refractivity contribution in [1.82, 2.24) is 9.97 Å². The minimum absolute atomic E-state index is 0.214. The quantitative estimate of drug-likeness (QED) is 0.591. The van der Waals surface area contributed by atoms with Crippen molar-refractivity contribution in [3.8, 4) is 11.3 Å². The van der Waals surface area contributed by atoms with Crippen LogP contribution in [0.25, 0.3) is 11.3 Å². The molecule has 0 unspecified atom stereocenters. The van der Waals surface area contributed by atoms with Crippen molar-refractivity contribution in [2.24, 2.45) is 0 Å². The lowest BCUT2D eigenvalue weighted by molar-refractivity contribution is 0.112. The van der Waals surface area contributed by atoms with Gasteiger partial charge < -0.3 is 0 Å². The maximum absolute atomic E-state index is 10.7. The molecule has 0 N–H and O–H groups in total. The number of halogens is 1. The van der Waals surface area contributed by atoms with E-state index in [4.69, 9.17) is 11.6 Å². The van der Waals surface area contributed by atoms with E-state index in [1.165, 1.54) is 0 Å². The second-order valence-electron chi connectivity index (χ2n) is 3.41. The number of aldehydes is 1. The van der Waals surface area contributed by atoms with Crippen molar-refractivity contribution in [1.29, 1.82) is 0 Å². The molecule has 0 radical (unpaired) electrons. The Kier molecular flexibility index (Phi) is 2.97. The van der Waals surface area contributed by atoms with Crippen LogP contribution in [-0.4, -0.2) is 16.3 Å². The Morgan fingerprint density at radius 3 is 2.75 bits per heavy atom. The number of nitrogens with zero attached hydrogens (tertiary/aromatic N) is 2. The first-order valence-corrected chi connectivity index (χ1v) is 5.13. The molecule has 1 aromatic carbocycles. The third-order valence-corrected chi connectivity index (χ3v) is 2.31. The molecule has 0 spiro atoms. The first kappa shape index (κ1) is 10.8. The van der Waals surface area contributed by atoms with Gasteiger partial charge in [-0.1, -0.05) is 18.2 Å². The summed E-state index contributed by atoms with van der Waals surface area (Å²) in [6.45, 7) is 1.85. The predicted octanol–water partition coefficient (Wildman–Crippen LogP) is 2.92.